The minimum Gasteiger partial charge on any atom is -0.246 e. The first-order valence-corrected chi connectivity index (χ1v) is 5.80. The van der Waals surface area contributed by atoms with Crippen molar-refractivity contribution in [1.29, 1.82) is 0 Å². The summed E-state index contributed by atoms with van der Waals surface area (Å²) in [6.45, 7) is 0. The van der Waals surface area contributed by atoms with Gasteiger partial charge in [0.25, 0.3) is 0 Å². The molecule has 2 aromatic rings. The first-order valence-electron chi connectivity index (χ1n) is 5.00. The van der Waals surface area contributed by atoms with Gasteiger partial charge in [-0.25, -0.2) is 18.2 Å². The fourth-order valence-electron chi connectivity index (χ4n) is 1.38. The number of hydrogen-bond donors (Lipinski definition) is 0. The van der Waals surface area contributed by atoms with Crippen LogP contribution in [0.5, 0.6) is 0 Å². The maximum atomic E-state index is 13.3. The van der Waals surface area contributed by atoms with Gasteiger partial charge >= 0.3 is 0 Å². The van der Waals surface area contributed by atoms with Crippen LogP contribution in [0.25, 0.3) is 12.2 Å². The highest BCUT2D eigenvalue weighted by Crippen LogP contribution is 2.17. The van der Waals surface area contributed by atoms with Crippen LogP contribution in [0.15, 0.2) is 35.1 Å². The average molecular weight is 314 g/mol. The van der Waals surface area contributed by atoms with E-state index in [9.17, 15) is 13.2 Å². The van der Waals surface area contributed by atoms with E-state index in [2.05, 4.69) is 20.9 Å². The topological polar surface area (TPSA) is 12.9 Å². The number of halogens is 4. The van der Waals surface area contributed by atoms with E-state index in [1.165, 1.54) is 18.2 Å². The lowest BCUT2D eigenvalue weighted by molar-refractivity contribution is 0.598. The Morgan fingerprint density at radius 2 is 1.61 bits per heavy atom. The summed E-state index contributed by atoms with van der Waals surface area (Å²) >= 11 is 3.10. The molecule has 0 saturated heterocycles. The Hall–Kier alpha value is -1.62. The van der Waals surface area contributed by atoms with E-state index < -0.39 is 17.5 Å². The summed E-state index contributed by atoms with van der Waals surface area (Å²) in [5.41, 5.74) is 0.294. The van der Waals surface area contributed by atoms with Gasteiger partial charge < -0.3 is 0 Å². The Balaban J connectivity index is 2.35. The minimum atomic E-state index is -0.568. The third-order valence-electron chi connectivity index (χ3n) is 2.25. The van der Waals surface area contributed by atoms with Gasteiger partial charge in [0.05, 0.1) is 6.20 Å². The second kappa shape index (κ2) is 5.35. The number of nitrogens with zero attached hydrogens (tertiary/aromatic N) is 1. The van der Waals surface area contributed by atoms with E-state index in [0.717, 1.165) is 24.4 Å². The van der Waals surface area contributed by atoms with Crippen LogP contribution >= 0.6 is 15.9 Å². The van der Waals surface area contributed by atoms with Gasteiger partial charge in [0, 0.05) is 11.1 Å². The molecule has 0 saturated carbocycles. The SMILES string of the molecule is Fc1ccc(F)c(C=Cc2cc(Br)ncc2F)c1. The monoisotopic (exact) mass is 313 g/mol. The van der Waals surface area contributed by atoms with Gasteiger partial charge in [0.1, 0.15) is 22.1 Å². The van der Waals surface area contributed by atoms with Crippen molar-refractivity contribution in [1.82, 2.24) is 4.98 Å². The van der Waals surface area contributed by atoms with Crippen molar-refractivity contribution in [3.63, 3.8) is 0 Å². The van der Waals surface area contributed by atoms with Crippen LogP contribution in [0.1, 0.15) is 11.1 Å². The number of aromatic nitrogens is 1. The molecular formula is C13H7BrF3N. The number of rotatable bonds is 2. The van der Waals surface area contributed by atoms with Crippen LogP contribution in [-0.4, -0.2) is 4.98 Å². The van der Waals surface area contributed by atoms with Crippen molar-refractivity contribution in [2.24, 2.45) is 0 Å². The van der Waals surface area contributed by atoms with Crippen LogP contribution < -0.4 is 0 Å². The van der Waals surface area contributed by atoms with Crippen molar-refractivity contribution in [3.8, 4) is 0 Å². The molecule has 1 aromatic heterocycles. The molecule has 0 aliphatic heterocycles. The molecule has 0 fully saturated rings. The Morgan fingerprint density at radius 3 is 2.33 bits per heavy atom. The molecule has 0 atom stereocenters. The second-order valence-corrected chi connectivity index (χ2v) is 4.34. The van der Waals surface area contributed by atoms with E-state index in [1.807, 2.05) is 0 Å². The van der Waals surface area contributed by atoms with Gasteiger partial charge in [-0.15, -0.1) is 0 Å². The van der Waals surface area contributed by atoms with Crippen LogP contribution in [-0.2, 0) is 0 Å². The lowest BCUT2D eigenvalue weighted by atomic mass is 10.1. The molecule has 5 heteroatoms. The smallest absolute Gasteiger partial charge is 0.148 e. The fourth-order valence-corrected chi connectivity index (χ4v) is 1.73. The van der Waals surface area contributed by atoms with Crippen molar-refractivity contribution < 1.29 is 13.2 Å². The van der Waals surface area contributed by atoms with Crippen LogP contribution in [0.4, 0.5) is 13.2 Å². The van der Waals surface area contributed by atoms with Crippen LogP contribution in [0, 0.1) is 17.5 Å². The molecule has 1 nitrogen and oxygen atoms in total. The van der Waals surface area contributed by atoms with E-state index in [4.69, 9.17) is 0 Å². The summed E-state index contributed by atoms with van der Waals surface area (Å²) < 4.78 is 40.1. The molecule has 0 radical (unpaired) electrons. The van der Waals surface area contributed by atoms with Crippen molar-refractivity contribution in [2.45, 2.75) is 0 Å². The normalized spacial score (nSPS) is 11.1. The highest BCUT2D eigenvalue weighted by Gasteiger charge is 2.03. The summed E-state index contributed by atoms with van der Waals surface area (Å²) in [5.74, 6) is -1.65. The predicted molar refractivity (Wildman–Crippen MR) is 67.2 cm³/mol. The highest BCUT2D eigenvalue weighted by molar-refractivity contribution is 9.10. The number of pyridine rings is 1. The maximum absolute atomic E-state index is 13.3. The maximum Gasteiger partial charge on any atom is 0.148 e. The Morgan fingerprint density at radius 1 is 0.944 bits per heavy atom. The molecule has 0 N–H and O–H groups in total. The van der Waals surface area contributed by atoms with Gasteiger partial charge in [0.2, 0.25) is 0 Å². The van der Waals surface area contributed by atoms with Crippen molar-refractivity contribution in [3.05, 3.63) is 63.6 Å². The molecule has 0 unspecified atom stereocenters. The average Bonchev–Trinajstić information content (AvgIpc) is 2.34. The van der Waals surface area contributed by atoms with Gasteiger partial charge in [-0.1, -0.05) is 12.2 Å². The second-order valence-electron chi connectivity index (χ2n) is 3.53. The quantitative estimate of drug-likeness (QED) is 0.747. The molecule has 1 heterocycles. The zero-order chi connectivity index (χ0) is 13.1. The fraction of sp³-hybridized carbons (Fsp3) is 0. The standard InChI is InChI=1S/C13H7BrF3N/c14-13-6-9(12(17)7-18-13)2-1-8-5-10(15)3-4-11(8)16/h1-7H. The van der Waals surface area contributed by atoms with Gasteiger partial charge in [-0.2, -0.15) is 0 Å². The summed E-state index contributed by atoms with van der Waals surface area (Å²) in [6, 6.07) is 4.53. The molecule has 1 aromatic carbocycles. The van der Waals surface area contributed by atoms with E-state index in [-0.39, 0.29) is 11.1 Å². The number of hydrogen-bond acceptors (Lipinski definition) is 1. The molecule has 0 aliphatic rings. The van der Waals surface area contributed by atoms with Gasteiger partial charge in [0.15, 0.2) is 0 Å². The lowest BCUT2D eigenvalue weighted by Gasteiger charge is -1.99. The molecule has 18 heavy (non-hydrogen) atoms. The minimum absolute atomic E-state index is 0.0577. The van der Waals surface area contributed by atoms with Gasteiger partial charge in [-0.3, -0.25) is 0 Å². The molecule has 0 amide bonds. The Bertz CT molecular complexity index is 558. The van der Waals surface area contributed by atoms with E-state index in [1.54, 1.807) is 0 Å². The Kier molecular flexibility index (Phi) is 3.81. The first kappa shape index (κ1) is 12.8. The third-order valence-corrected chi connectivity index (χ3v) is 2.69. The summed E-state index contributed by atoms with van der Waals surface area (Å²) in [4.78, 5) is 3.70. The van der Waals surface area contributed by atoms with Crippen LogP contribution in [0.3, 0.4) is 0 Å². The molecule has 0 aliphatic carbocycles. The Labute approximate surface area is 110 Å². The zero-order valence-electron chi connectivity index (χ0n) is 9.00. The highest BCUT2D eigenvalue weighted by atomic mass is 79.9. The van der Waals surface area contributed by atoms with Crippen LogP contribution in [0.2, 0.25) is 0 Å². The molecule has 92 valence electrons. The van der Waals surface area contributed by atoms with Gasteiger partial charge in [-0.05, 0) is 40.2 Å². The third kappa shape index (κ3) is 2.98. The first-order chi connectivity index (χ1) is 8.56. The van der Waals surface area contributed by atoms with E-state index in [0.29, 0.717) is 4.60 Å². The lowest BCUT2D eigenvalue weighted by Crippen LogP contribution is -1.87. The van der Waals surface area contributed by atoms with E-state index >= 15 is 0 Å². The largest absolute Gasteiger partial charge is 0.246 e. The molecule has 0 spiro atoms. The molecule has 0 bridgehead atoms. The predicted octanol–water partition coefficient (Wildman–Crippen LogP) is 4.43. The zero-order valence-corrected chi connectivity index (χ0v) is 10.6. The van der Waals surface area contributed by atoms with Crippen molar-refractivity contribution >= 4 is 28.1 Å². The summed E-state index contributed by atoms with van der Waals surface area (Å²) in [5, 5.41) is 0. The molecule has 2 rings (SSSR count). The number of benzene rings is 1. The summed E-state index contributed by atoms with van der Waals surface area (Å²) in [6.07, 6.45) is 3.72. The molecular weight excluding hydrogens is 307 g/mol. The summed E-state index contributed by atoms with van der Waals surface area (Å²) in [7, 11) is 0. The van der Waals surface area contributed by atoms with Crippen molar-refractivity contribution in [2.75, 3.05) is 0 Å².